The molecule has 5 rings (SSSR count). The molecule has 0 aromatic heterocycles. The first-order chi connectivity index (χ1) is 13.1. The Morgan fingerprint density at radius 2 is 1.67 bits per heavy atom. The summed E-state index contributed by atoms with van der Waals surface area (Å²) in [6.45, 7) is 2.38. The van der Waals surface area contributed by atoms with Crippen LogP contribution in [0.3, 0.4) is 0 Å². The first kappa shape index (κ1) is 16.6. The molecule has 5 heteroatoms. The quantitative estimate of drug-likeness (QED) is 0.763. The molecule has 0 saturated heterocycles. The third-order valence-electron chi connectivity index (χ3n) is 6.13. The summed E-state index contributed by atoms with van der Waals surface area (Å²) < 4.78 is 24.8. The molecule has 1 amide bonds. The summed E-state index contributed by atoms with van der Waals surface area (Å²) in [7, 11) is 0. The van der Waals surface area contributed by atoms with Gasteiger partial charge < -0.3 is 14.4 Å². The first-order valence-corrected chi connectivity index (χ1v) is 9.63. The molecule has 1 aliphatic carbocycles. The van der Waals surface area contributed by atoms with Gasteiger partial charge in [0.15, 0.2) is 11.5 Å². The molecule has 4 nitrogen and oxygen atoms in total. The second kappa shape index (κ2) is 6.25. The maximum atomic E-state index is 13.2. The second-order valence-electron chi connectivity index (χ2n) is 7.81. The van der Waals surface area contributed by atoms with E-state index >= 15 is 0 Å². The minimum atomic E-state index is -0.327. The van der Waals surface area contributed by atoms with Gasteiger partial charge in [0.2, 0.25) is 0 Å². The Bertz CT molecular complexity index is 887. The lowest BCUT2D eigenvalue weighted by Crippen LogP contribution is -2.46. The lowest BCUT2D eigenvalue weighted by molar-refractivity contribution is 0.0669. The van der Waals surface area contributed by atoms with Gasteiger partial charge in [-0.2, -0.15) is 0 Å². The normalized spacial score (nSPS) is 19.8. The van der Waals surface area contributed by atoms with E-state index in [4.69, 9.17) is 9.47 Å². The molecule has 0 unspecified atom stereocenters. The number of halogens is 1. The van der Waals surface area contributed by atoms with E-state index in [1.165, 1.54) is 30.5 Å². The third-order valence-corrected chi connectivity index (χ3v) is 6.13. The largest absolute Gasteiger partial charge is 0.486 e. The molecular formula is C22H22FNO3. The first-order valence-electron chi connectivity index (χ1n) is 9.63. The van der Waals surface area contributed by atoms with Crippen LogP contribution < -0.4 is 9.47 Å². The van der Waals surface area contributed by atoms with Crippen molar-refractivity contribution in [3.05, 3.63) is 58.9 Å². The van der Waals surface area contributed by atoms with E-state index in [1.807, 2.05) is 11.0 Å². The van der Waals surface area contributed by atoms with Crippen molar-refractivity contribution in [3.8, 4) is 11.5 Å². The number of amides is 1. The van der Waals surface area contributed by atoms with E-state index in [-0.39, 0.29) is 17.1 Å². The summed E-state index contributed by atoms with van der Waals surface area (Å²) >= 11 is 0. The molecule has 0 radical (unpaired) electrons. The minimum Gasteiger partial charge on any atom is -0.486 e. The van der Waals surface area contributed by atoms with Gasteiger partial charge in [-0.15, -0.1) is 0 Å². The Labute approximate surface area is 157 Å². The fraction of sp³-hybridized carbons (Fsp3) is 0.409. The van der Waals surface area contributed by atoms with Crippen molar-refractivity contribution in [3.63, 3.8) is 0 Å². The third kappa shape index (κ3) is 2.76. The topological polar surface area (TPSA) is 38.8 Å². The van der Waals surface area contributed by atoms with Crippen molar-refractivity contribution < 1.29 is 18.7 Å². The molecule has 140 valence electrons. The van der Waals surface area contributed by atoms with Gasteiger partial charge in [0.05, 0.1) is 0 Å². The zero-order valence-electron chi connectivity index (χ0n) is 15.2. The fourth-order valence-electron chi connectivity index (χ4n) is 4.87. The Morgan fingerprint density at radius 1 is 1.00 bits per heavy atom. The van der Waals surface area contributed by atoms with Crippen LogP contribution in [0.2, 0.25) is 0 Å². The molecular weight excluding hydrogens is 345 g/mol. The summed E-state index contributed by atoms with van der Waals surface area (Å²) in [5.41, 5.74) is 2.97. The van der Waals surface area contributed by atoms with Gasteiger partial charge in [-0.1, -0.05) is 12.8 Å². The van der Waals surface area contributed by atoms with Crippen LogP contribution >= 0.6 is 0 Å². The molecule has 3 aliphatic rings. The number of ether oxygens (including phenoxy) is 2. The molecule has 27 heavy (non-hydrogen) atoms. The SMILES string of the molecule is O=C(c1ccc(F)cc1)N1Cc2cc3c(cc2C2(CCCC2)C1)OCCO3. The van der Waals surface area contributed by atoms with Crippen LogP contribution in [0.25, 0.3) is 0 Å². The summed E-state index contributed by atoms with van der Waals surface area (Å²) in [6.07, 6.45) is 4.50. The van der Waals surface area contributed by atoms with E-state index < -0.39 is 0 Å². The molecule has 2 aromatic carbocycles. The van der Waals surface area contributed by atoms with E-state index in [0.29, 0.717) is 31.9 Å². The molecule has 0 N–H and O–H groups in total. The van der Waals surface area contributed by atoms with Crippen LogP contribution in [-0.4, -0.2) is 30.6 Å². The highest BCUT2D eigenvalue weighted by Gasteiger charge is 2.44. The van der Waals surface area contributed by atoms with Crippen LogP contribution in [0, 0.1) is 5.82 Å². The molecule has 1 saturated carbocycles. The molecule has 1 spiro atoms. The van der Waals surface area contributed by atoms with Gasteiger partial charge in [-0.25, -0.2) is 4.39 Å². The molecule has 2 aromatic rings. The van der Waals surface area contributed by atoms with E-state index in [2.05, 4.69) is 6.07 Å². The van der Waals surface area contributed by atoms with Crippen molar-refractivity contribution >= 4 is 5.91 Å². The Hall–Kier alpha value is -2.56. The number of carbonyl (C=O) groups excluding carboxylic acids is 1. The number of nitrogens with zero attached hydrogens (tertiary/aromatic N) is 1. The average molecular weight is 367 g/mol. The monoisotopic (exact) mass is 367 g/mol. The fourth-order valence-corrected chi connectivity index (χ4v) is 4.87. The molecule has 2 aliphatic heterocycles. The van der Waals surface area contributed by atoms with Gasteiger partial charge in [-0.05, 0) is 60.4 Å². The summed E-state index contributed by atoms with van der Waals surface area (Å²) in [5.74, 6) is 1.22. The molecule has 1 fully saturated rings. The lowest BCUT2D eigenvalue weighted by Gasteiger charge is -2.43. The van der Waals surface area contributed by atoms with Crippen LogP contribution in [0.4, 0.5) is 4.39 Å². The summed E-state index contributed by atoms with van der Waals surface area (Å²) in [6, 6.07) is 10.0. The summed E-state index contributed by atoms with van der Waals surface area (Å²) in [5, 5.41) is 0. The van der Waals surface area contributed by atoms with Gasteiger partial charge in [-0.3, -0.25) is 4.79 Å². The van der Waals surface area contributed by atoms with Crippen molar-refractivity contribution in [1.29, 1.82) is 0 Å². The average Bonchev–Trinajstić information content (AvgIpc) is 3.15. The Morgan fingerprint density at radius 3 is 2.37 bits per heavy atom. The number of carbonyl (C=O) groups is 1. The number of fused-ring (bicyclic) bond motifs is 3. The van der Waals surface area contributed by atoms with Crippen LogP contribution in [-0.2, 0) is 12.0 Å². The van der Waals surface area contributed by atoms with Crippen molar-refractivity contribution in [2.75, 3.05) is 19.8 Å². The maximum absolute atomic E-state index is 13.2. The predicted octanol–water partition coefficient (Wildman–Crippen LogP) is 4.06. The zero-order chi connectivity index (χ0) is 18.4. The summed E-state index contributed by atoms with van der Waals surface area (Å²) in [4.78, 5) is 15.0. The number of rotatable bonds is 1. The van der Waals surface area contributed by atoms with E-state index in [1.54, 1.807) is 12.1 Å². The van der Waals surface area contributed by atoms with Crippen LogP contribution in [0.15, 0.2) is 36.4 Å². The van der Waals surface area contributed by atoms with Crippen LogP contribution in [0.1, 0.15) is 47.2 Å². The number of hydrogen-bond acceptors (Lipinski definition) is 3. The molecule has 0 atom stereocenters. The standard InChI is InChI=1S/C22H22FNO3/c23-17-5-3-15(4-6-17)21(25)24-13-16-11-19-20(27-10-9-26-19)12-18(16)22(14-24)7-1-2-8-22/h3-6,11-12H,1-2,7-10,13-14H2. The lowest BCUT2D eigenvalue weighted by atomic mass is 9.73. The van der Waals surface area contributed by atoms with Crippen molar-refractivity contribution in [2.24, 2.45) is 0 Å². The highest BCUT2D eigenvalue weighted by molar-refractivity contribution is 5.94. The Balaban J connectivity index is 1.54. The molecule has 2 heterocycles. The maximum Gasteiger partial charge on any atom is 0.254 e. The van der Waals surface area contributed by atoms with Crippen LogP contribution in [0.5, 0.6) is 11.5 Å². The highest BCUT2D eigenvalue weighted by atomic mass is 19.1. The van der Waals surface area contributed by atoms with Crippen molar-refractivity contribution in [1.82, 2.24) is 4.90 Å². The van der Waals surface area contributed by atoms with Gasteiger partial charge in [0.25, 0.3) is 5.91 Å². The number of benzene rings is 2. The Kier molecular flexibility index (Phi) is 3.85. The molecule has 0 bridgehead atoms. The smallest absolute Gasteiger partial charge is 0.254 e. The van der Waals surface area contributed by atoms with Gasteiger partial charge in [0, 0.05) is 24.1 Å². The van der Waals surface area contributed by atoms with Gasteiger partial charge in [0.1, 0.15) is 19.0 Å². The highest BCUT2D eigenvalue weighted by Crippen LogP contribution is 2.49. The van der Waals surface area contributed by atoms with E-state index in [9.17, 15) is 9.18 Å². The van der Waals surface area contributed by atoms with Gasteiger partial charge >= 0.3 is 0 Å². The van der Waals surface area contributed by atoms with E-state index in [0.717, 1.165) is 29.9 Å². The second-order valence-corrected chi connectivity index (χ2v) is 7.81. The zero-order valence-corrected chi connectivity index (χ0v) is 15.2. The predicted molar refractivity (Wildman–Crippen MR) is 98.7 cm³/mol. The number of hydrogen-bond donors (Lipinski definition) is 0. The minimum absolute atomic E-state index is 0.0148. The van der Waals surface area contributed by atoms with Crippen molar-refractivity contribution in [2.45, 2.75) is 37.6 Å².